The van der Waals surface area contributed by atoms with Gasteiger partial charge in [-0.3, -0.25) is 4.79 Å². The highest BCUT2D eigenvalue weighted by molar-refractivity contribution is 5.66. The number of hydrogen-bond donors (Lipinski definition) is 0. The zero-order valence-corrected chi connectivity index (χ0v) is 18.3. The largest absolute Gasteiger partial charge is 0.463 e. The predicted octanol–water partition coefficient (Wildman–Crippen LogP) is 5.96. The Morgan fingerprint density at radius 3 is 1.96 bits per heavy atom. The fourth-order valence-corrected chi connectivity index (χ4v) is 3.11. The minimum absolute atomic E-state index is 0.0239. The quantitative estimate of drug-likeness (QED) is 0.527. The lowest BCUT2D eigenvalue weighted by Crippen LogP contribution is -2.25. The Morgan fingerprint density at radius 2 is 1.46 bits per heavy atom. The molecular formula is C25H36O3. The Morgan fingerprint density at radius 1 is 0.929 bits per heavy atom. The van der Waals surface area contributed by atoms with Gasteiger partial charge in [0.25, 0.3) is 0 Å². The van der Waals surface area contributed by atoms with Crippen LogP contribution in [0.3, 0.4) is 0 Å². The third kappa shape index (κ3) is 10.3. The Labute approximate surface area is 171 Å². The molecule has 0 fully saturated rings. The molecule has 1 atom stereocenters. The topological polar surface area (TPSA) is 35.5 Å². The third-order valence-electron chi connectivity index (χ3n) is 4.40. The van der Waals surface area contributed by atoms with E-state index in [4.69, 9.17) is 9.47 Å². The highest BCUT2D eigenvalue weighted by Crippen LogP contribution is 2.28. The molecule has 0 bridgehead atoms. The summed E-state index contributed by atoms with van der Waals surface area (Å²) in [6, 6.07) is 20.7. The number of benzene rings is 2. The lowest BCUT2D eigenvalue weighted by atomic mass is 9.80. The summed E-state index contributed by atoms with van der Waals surface area (Å²) in [5.41, 5.74) is 2.64. The van der Waals surface area contributed by atoms with E-state index in [1.165, 1.54) is 18.1 Å². The van der Waals surface area contributed by atoms with Gasteiger partial charge in [0.2, 0.25) is 0 Å². The molecule has 2 aromatic rings. The highest BCUT2D eigenvalue weighted by atomic mass is 16.5. The molecule has 0 aliphatic carbocycles. The van der Waals surface area contributed by atoms with Gasteiger partial charge < -0.3 is 9.47 Å². The van der Waals surface area contributed by atoms with Crippen LogP contribution in [-0.4, -0.2) is 24.8 Å². The smallest absolute Gasteiger partial charge is 0.302 e. The van der Waals surface area contributed by atoms with Crippen LogP contribution in [0, 0.1) is 0 Å². The normalized spacial score (nSPS) is 12.1. The Balaban J connectivity index is 0.000000292. The second-order valence-corrected chi connectivity index (χ2v) is 8.03. The number of carbonyl (C=O) groups is 1. The van der Waals surface area contributed by atoms with Crippen molar-refractivity contribution in [1.82, 2.24) is 0 Å². The van der Waals surface area contributed by atoms with Gasteiger partial charge in [-0.05, 0) is 50.2 Å². The summed E-state index contributed by atoms with van der Waals surface area (Å²) in [7, 11) is 0. The molecule has 0 N–H and O–H groups in total. The number of ether oxygens (including phenoxy) is 2. The maximum absolute atomic E-state index is 10.9. The fourth-order valence-electron chi connectivity index (χ4n) is 3.11. The van der Waals surface area contributed by atoms with Gasteiger partial charge in [0.05, 0.1) is 18.8 Å². The molecule has 0 saturated heterocycles. The monoisotopic (exact) mass is 384 g/mol. The standard InChI is InChI=1S/C14H20O2.C11H16O/c1-11(16-12(2)15)10-14(3,4)13-8-6-5-7-9-13;1-10(2)12-9-8-11-6-4-3-5-7-11/h5-9,11H,10H2,1-4H3;3-7,10H,8-9H2,1-2H3. The molecule has 0 radical (unpaired) electrons. The van der Waals surface area contributed by atoms with Crippen LogP contribution in [0.25, 0.3) is 0 Å². The maximum atomic E-state index is 10.9. The molecule has 3 heteroatoms. The summed E-state index contributed by atoms with van der Waals surface area (Å²) >= 11 is 0. The molecule has 0 heterocycles. The second kappa shape index (κ2) is 12.4. The molecule has 3 nitrogen and oxygen atoms in total. The van der Waals surface area contributed by atoms with Gasteiger partial charge in [-0.2, -0.15) is 0 Å². The summed E-state index contributed by atoms with van der Waals surface area (Å²) in [6.45, 7) is 12.7. The van der Waals surface area contributed by atoms with E-state index in [0.717, 1.165) is 19.4 Å². The minimum Gasteiger partial charge on any atom is -0.463 e. The van der Waals surface area contributed by atoms with Crippen LogP contribution in [0.5, 0.6) is 0 Å². The van der Waals surface area contributed by atoms with E-state index in [2.05, 4.69) is 64.1 Å². The lowest BCUT2D eigenvalue weighted by molar-refractivity contribution is -0.146. The Kier molecular flexibility index (Phi) is 10.5. The van der Waals surface area contributed by atoms with Crippen molar-refractivity contribution in [3.8, 4) is 0 Å². The molecule has 154 valence electrons. The van der Waals surface area contributed by atoms with Gasteiger partial charge in [0, 0.05) is 6.92 Å². The molecule has 0 aromatic heterocycles. The first-order valence-electron chi connectivity index (χ1n) is 10.1. The molecule has 0 spiro atoms. The van der Waals surface area contributed by atoms with Crippen molar-refractivity contribution < 1.29 is 14.3 Å². The Bertz CT molecular complexity index is 663. The minimum atomic E-state index is -0.212. The van der Waals surface area contributed by atoms with Crippen molar-refractivity contribution in [3.63, 3.8) is 0 Å². The van der Waals surface area contributed by atoms with Gasteiger partial charge >= 0.3 is 5.97 Å². The van der Waals surface area contributed by atoms with Crippen LogP contribution in [-0.2, 0) is 26.1 Å². The number of hydrogen-bond acceptors (Lipinski definition) is 3. The van der Waals surface area contributed by atoms with Gasteiger partial charge in [-0.15, -0.1) is 0 Å². The average molecular weight is 385 g/mol. The van der Waals surface area contributed by atoms with E-state index < -0.39 is 0 Å². The first-order chi connectivity index (χ1) is 13.2. The van der Waals surface area contributed by atoms with Crippen LogP contribution in [0.15, 0.2) is 60.7 Å². The van der Waals surface area contributed by atoms with Crippen LogP contribution in [0.1, 0.15) is 59.1 Å². The Hall–Kier alpha value is -2.13. The van der Waals surface area contributed by atoms with E-state index >= 15 is 0 Å². The summed E-state index contributed by atoms with van der Waals surface area (Å²) in [5, 5.41) is 0. The van der Waals surface area contributed by atoms with Crippen molar-refractivity contribution in [2.45, 2.75) is 72.0 Å². The van der Waals surface area contributed by atoms with Crippen LogP contribution in [0.2, 0.25) is 0 Å². The molecule has 0 aliphatic heterocycles. The number of rotatable bonds is 8. The van der Waals surface area contributed by atoms with Crippen molar-refractivity contribution in [2.24, 2.45) is 0 Å². The second-order valence-electron chi connectivity index (χ2n) is 8.03. The lowest BCUT2D eigenvalue weighted by Gasteiger charge is -2.28. The molecule has 0 amide bonds. The zero-order valence-electron chi connectivity index (χ0n) is 18.3. The zero-order chi connectivity index (χ0) is 21.0. The number of carbonyl (C=O) groups excluding carboxylic acids is 1. The van der Waals surface area contributed by atoms with E-state index in [-0.39, 0.29) is 17.5 Å². The molecule has 0 saturated carbocycles. The van der Waals surface area contributed by atoms with E-state index in [1.807, 2.05) is 31.2 Å². The first kappa shape index (κ1) is 23.9. The average Bonchev–Trinajstić information content (AvgIpc) is 2.62. The number of esters is 1. The first-order valence-corrected chi connectivity index (χ1v) is 10.1. The van der Waals surface area contributed by atoms with Crippen molar-refractivity contribution in [1.29, 1.82) is 0 Å². The molecule has 2 aromatic carbocycles. The maximum Gasteiger partial charge on any atom is 0.302 e. The summed E-state index contributed by atoms with van der Waals surface area (Å²) in [6.07, 6.45) is 2.14. The SMILES string of the molecule is CC(=O)OC(C)CC(C)(C)c1ccccc1.CC(C)OCCc1ccccc1. The summed E-state index contributed by atoms with van der Waals surface area (Å²) in [5.74, 6) is -0.212. The van der Waals surface area contributed by atoms with Crippen molar-refractivity contribution >= 4 is 5.97 Å². The van der Waals surface area contributed by atoms with Gasteiger partial charge in [0.1, 0.15) is 0 Å². The van der Waals surface area contributed by atoms with E-state index in [9.17, 15) is 4.79 Å². The highest BCUT2D eigenvalue weighted by Gasteiger charge is 2.24. The molecule has 28 heavy (non-hydrogen) atoms. The van der Waals surface area contributed by atoms with E-state index in [1.54, 1.807) is 0 Å². The van der Waals surface area contributed by atoms with Gasteiger partial charge in [0.15, 0.2) is 0 Å². The van der Waals surface area contributed by atoms with E-state index in [0.29, 0.717) is 6.10 Å². The molecular weight excluding hydrogens is 348 g/mol. The fraction of sp³-hybridized carbons (Fsp3) is 0.480. The predicted molar refractivity (Wildman–Crippen MR) is 117 cm³/mol. The summed E-state index contributed by atoms with van der Waals surface area (Å²) < 4.78 is 10.6. The molecule has 0 aliphatic rings. The molecule has 1 unspecified atom stereocenters. The van der Waals surface area contributed by atoms with Crippen LogP contribution >= 0.6 is 0 Å². The van der Waals surface area contributed by atoms with Crippen molar-refractivity contribution in [3.05, 3.63) is 71.8 Å². The third-order valence-corrected chi connectivity index (χ3v) is 4.40. The van der Waals surface area contributed by atoms with Gasteiger partial charge in [-0.1, -0.05) is 74.5 Å². The molecule has 2 rings (SSSR count). The van der Waals surface area contributed by atoms with Crippen LogP contribution < -0.4 is 0 Å². The van der Waals surface area contributed by atoms with Gasteiger partial charge in [-0.25, -0.2) is 0 Å². The van der Waals surface area contributed by atoms with Crippen LogP contribution in [0.4, 0.5) is 0 Å². The van der Waals surface area contributed by atoms with Crippen molar-refractivity contribution in [2.75, 3.05) is 6.61 Å². The summed E-state index contributed by atoms with van der Waals surface area (Å²) in [4.78, 5) is 10.9.